The molecule has 0 radical (unpaired) electrons. The molecule has 0 aliphatic carbocycles. The Kier molecular flexibility index (Phi) is 39.2. The summed E-state index contributed by atoms with van der Waals surface area (Å²) in [5.74, 6) is 5.25. The Morgan fingerprint density at radius 2 is 1.14 bits per heavy atom. The van der Waals surface area contributed by atoms with Gasteiger partial charge in [0.2, 0.25) is 60.5 Å². The molecule has 9 aromatic heterocycles. The summed E-state index contributed by atoms with van der Waals surface area (Å²) in [6.45, 7) is 32.2. The molecule has 10 aromatic rings. The molecule has 2 fully saturated rings. The van der Waals surface area contributed by atoms with Crippen molar-refractivity contribution < 1.29 is 62.5 Å². The standard InChI is InChI=1S/C12H12N6O3.C9H10N4O3.C9H10N4O2.C7H10N6O2.C7H8N6O.C6H6N6O2.C4H2N4O2.C3H3N3O2.C3H8N2O/c1-18(12(20)21-9-5-3-2-4-6-9)17-16-11-10(15-8-19)13-7-14-11;1-10-8-9(13(14)15)12(6-11-8)7-4-2-3-5-16-7;1-10-8-9(12-14)13(6-11-8)7-4-2-3-5-15-7;1-5(15)13(2)12-11-7-6(10-4-14)8-3-9-7;1-5(14)13(3)12-11-7-6(8-2)9-4-10-7;1-11-6(14)12-2-7-4(8-3-13)5(12)9-10-11;1-5-3-4(8(9)10)7-2-6-3;7-6(8)3-1-4-2-5-3;1-3(6)5(2)4/h2-8H,1H3,(H,13,14)(H,15,19);6-7H,2-5H2;6-7H,2-5H2;3-4H,1-2H3,(H,8,9)(H,10,14);4H,1,3H3,(H,9,10);2-3H,1H3,(H,8,13);2H,(H,6,7);1-2H,(H,4,5);4H2,1-2H3. The number of nitroso groups, excluding NO2 is 1. The molecule has 2 unspecified atom stereocenters. The first-order chi connectivity index (χ1) is 57.0. The minimum absolute atomic E-state index is 0.0409. The van der Waals surface area contributed by atoms with Crippen LogP contribution in [0.25, 0.3) is 25.0 Å². The van der Waals surface area contributed by atoms with Crippen LogP contribution in [-0.4, -0.2) is 213 Å². The Morgan fingerprint density at radius 3 is 1.61 bits per heavy atom. The van der Waals surface area contributed by atoms with Gasteiger partial charge in [0.25, 0.3) is 18.5 Å². The number of aromatic amines is 5. The number of carbonyl (C=O) groups is 7. The van der Waals surface area contributed by atoms with Crippen LogP contribution >= 0.6 is 0 Å². The molecule has 2 saturated heterocycles. The molecule has 0 saturated carbocycles. The van der Waals surface area contributed by atoms with Gasteiger partial charge in [-0.2, -0.15) is 14.3 Å². The van der Waals surface area contributed by atoms with E-state index >= 15 is 0 Å². The van der Waals surface area contributed by atoms with Crippen molar-refractivity contribution in [2.24, 2.45) is 49.1 Å². The van der Waals surface area contributed by atoms with E-state index in [1.807, 2.05) is 0 Å². The highest BCUT2D eigenvalue weighted by atomic mass is 16.6. The second kappa shape index (κ2) is 49.7. The first-order valence-electron chi connectivity index (χ1n) is 32.9. The molecule has 0 bridgehead atoms. The van der Waals surface area contributed by atoms with Crippen LogP contribution in [0.15, 0.2) is 128 Å². The van der Waals surface area contributed by atoms with Crippen LogP contribution in [0.3, 0.4) is 0 Å². The van der Waals surface area contributed by atoms with Gasteiger partial charge in [-0.05, 0) is 64.2 Å². The Labute approximate surface area is 666 Å². The Morgan fingerprint density at radius 1 is 0.622 bits per heavy atom. The lowest BCUT2D eigenvalue weighted by Crippen LogP contribution is -2.30. The largest absolute Gasteiger partial charge is 0.436 e. The molecule has 11 heterocycles. The number of ether oxygens (including phenoxy) is 3. The normalized spacial score (nSPS) is 12.6. The van der Waals surface area contributed by atoms with Gasteiger partial charge < -0.3 is 89.9 Å². The van der Waals surface area contributed by atoms with Crippen LogP contribution in [0.4, 0.5) is 86.2 Å². The quantitative estimate of drug-likeness (QED) is 0.00553. The number of fused-ring (bicyclic) bond motifs is 1. The van der Waals surface area contributed by atoms with Crippen LogP contribution in [0.2, 0.25) is 0 Å². The molecule has 7 amide bonds. The van der Waals surface area contributed by atoms with Gasteiger partial charge in [0.1, 0.15) is 24.5 Å². The van der Waals surface area contributed by atoms with Crippen LogP contribution in [-0.2, 0) is 45.3 Å². The fraction of sp³-hybridized carbons (Fsp3) is 0.300. The summed E-state index contributed by atoms with van der Waals surface area (Å²) < 4.78 is 21.1. The molecular weight excluding hydrogens is 1580 g/mol. The Hall–Kier alpha value is -17.5. The fourth-order valence-corrected chi connectivity index (χ4v) is 7.94. The summed E-state index contributed by atoms with van der Waals surface area (Å²) in [5, 5.41) is 73.7. The zero-order chi connectivity index (χ0) is 87.9. The van der Waals surface area contributed by atoms with Crippen LogP contribution < -0.4 is 32.2 Å². The van der Waals surface area contributed by atoms with Crippen LogP contribution in [0.1, 0.15) is 71.8 Å². The van der Waals surface area contributed by atoms with Crippen LogP contribution in [0.5, 0.6) is 5.75 Å². The second-order valence-electron chi connectivity index (χ2n) is 21.9. The van der Waals surface area contributed by atoms with Crippen molar-refractivity contribution in [1.29, 1.82) is 0 Å². The van der Waals surface area contributed by atoms with Crippen LogP contribution in [0, 0.1) is 61.5 Å². The average Bonchev–Trinajstić information content (AvgIpc) is 1.68. The number of nitrogens with zero attached hydrogens (tertiary/aromatic N) is 32. The molecule has 1 aromatic carbocycles. The van der Waals surface area contributed by atoms with Gasteiger partial charge in [-0.25, -0.2) is 64.7 Å². The Balaban J connectivity index is 0.000000286. The average molecular weight is 1650 g/mol. The van der Waals surface area contributed by atoms with E-state index in [9.17, 15) is 73.6 Å². The summed E-state index contributed by atoms with van der Waals surface area (Å²) in [7, 11) is 7.30. The molecular formula is C60H69N41O18. The number of rotatable bonds is 19. The molecule has 119 heavy (non-hydrogen) atoms. The number of nitrogens with one attached hydrogen (secondary N) is 8. The highest BCUT2D eigenvalue weighted by Gasteiger charge is 2.31. The number of hydrogen-bond donors (Lipinski definition) is 9. The van der Waals surface area contributed by atoms with E-state index in [2.05, 4.69) is 147 Å². The van der Waals surface area contributed by atoms with E-state index < -0.39 is 20.9 Å². The molecule has 2 atom stereocenters. The minimum atomic E-state index is -0.700. The van der Waals surface area contributed by atoms with E-state index in [0.29, 0.717) is 44.6 Å². The topological polar surface area (TPSA) is 717 Å². The number of aryl methyl sites for hydroxylation is 1. The molecule has 2 aliphatic heterocycles. The van der Waals surface area contributed by atoms with Gasteiger partial charge in [0, 0.05) is 69.0 Å². The third kappa shape index (κ3) is 30.3. The van der Waals surface area contributed by atoms with Crippen molar-refractivity contribution in [3.8, 4) is 5.75 Å². The lowest BCUT2D eigenvalue weighted by molar-refractivity contribution is -0.393. The molecule has 59 heteroatoms. The number of hydrogen-bond acceptors (Lipinski definition) is 36. The number of aromatic nitrogens is 19. The minimum Gasteiger partial charge on any atom is -0.409 e. The summed E-state index contributed by atoms with van der Waals surface area (Å²) in [5.41, 5.74) is -0.151. The zero-order valence-electron chi connectivity index (χ0n) is 63.4. The van der Waals surface area contributed by atoms with Gasteiger partial charge in [-0.15, -0.1) is 30.3 Å². The third-order valence-corrected chi connectivity index (χ3v) is 14.0. The highest BCUT2D eigenvalue weighted by Crippen LogP contribution is 2.35. The summed E-state index contributed by atoms with van der Waals surface area (Å²) in [6, 6.07) is 8.58. The number of nitrogens with two attached hydrogens (primary N) is 1. The number of para-hydroxylation sites is 1. The second-order valence-corrected chi connectivity index (χ2v) is 21.9. The van der Waals surface area contributed by atoms with E-state index in [1.54, 1.807) is 34.9 Å². The van der Waals surface area contributed by atoms with E-state index in [4.69, 9.17) is 46.3 Å². The van der Waals surface area contributed by atoms with Crippen molar-refractivity contribution in [2.45, 2.75) is 71.8 Å². The van der Waals surface area contributed by atoms with Gasteiger partial charge in [-0.3, -0.25) is 43.3 Å². The van der Waals surface area contributed by atoms with E-state index in [1.165, 1.54) is 109 Å². The SMILES string of the molecule is CC(=O)N(C)N.CC(=O)N(C)N=Nc1[nH]cnc1NC=O.CN(N=Nc1[nH]cnc1NC=O)C(=O)Oc1ccccc1.Cn1nnc2c(NC=O)ncn2c1=O.O=[N+]([O-])c1cnc[nH]1.[C-]#[N+]c1[nH]cnc1N=NN(C)C(C)=O.[C-]#[N+]c1nc[nH]c1[N+](=O)[O-].[C-]#[N+]c1ncn(C2CCCCO2)c1N=O.[C-]#[N+]c1ncn(C2CCCCO2)c1[N+](=O)[O-]. The highest BCUT2D eigenvalue weighted by molar-refractivity contribution is 5.78. The van der Waals surface area contributed by atoms with Crippen molar-refractivity contribution in [1.82, 2.24) is 113 Å². The summed E-state index contributed by atoms with van der Waals surface area (Å²) >= 11 is 0. The molecule has 0 spiro atoms. The monoisotopic (exact) mass is 1650 g/mol. The van der Waals surface area contributed by atoms with Crippen molar-refractivity contribution in [3.05, 3.63) is 179 Å². The van der Waals surface area contributed by atoms with Gasteiger partial charge in [0.15, 0.2) is 48.1 Å². The summed E-state index contributed by atoms with van der Waals surface area (Å²) in [6.07, 6.45) is 17.3. The van der Waals surface area contributed by atoms with Crippen molar-refractivity contribution in [2.75, 3.05) is 57.4 Å². The maximum Gasteiger partial charge on any atom is 0.436 e. The van der Waals surface area contributed by atoms with Crippen molar-refractivity contribution in [3.63, 3.8) is 0 Å². The maximum absolute atomic E-state index is 11.7. The molecule has 12 rings (SSSR count). The third-order valence-electron chi connectivity index (χ3n) is 14.0. The number of benzene rings is 1. The zero-order valence-corrected chi connectivity index (χ0v) is 63.4. The number of imidazole rings is 8. The number of H-pyrrole nitrogens is 5. The van der Waals surface area contributed by atoms with Gasteiger partial charge in [-0.1, -0.05) is 75.3 Å². The number of anilines is 3. The first-order valence-corrected chi connectivity index (χ1v) is 32.9. The molecule has 59 nitrogen and oxygen atoms in total. The predicted molar refractivity (Wildman–Crippen MR) is 404 cm³/mol. The first kappa shape index (κ1) is 93.9. The lowest BCUT2D eigenvalue weighted by Gasteiger charge is -2.23. The number of carbonyl (C=O) groups excluding carboxylic acids is 7. The molecule has 622 valence electrons. The number of hydrazine groups is 1. The smallest absolute Gasteiger partial charge is 0.409 e. The number of amides is 7. The van der Waals surface area contributed by atoms with Crippen molar-refractivity contribution >= 4 is 130 Å². The van der Waals surface area contributed by atoms with E-state index in [-0.39, 0.29) is 123 Å². The number of nitro groups is 3. The van der Waals surface area contributed by atoms with E-state index in [0.717, 1.165) is 69.3 Å². The lowest BCUT2D eigenvalue weighted by atomic mass is 10.2. The van der Waals surface area contributed by atoms with Gasteiger partial charge >= 0.3 is 46.7 Å². The maximum atomic E-state index is 11.7. The predicted octanol–water partition coefficient (Wildman–Crippen LogP) is 7.49. The molecule has 10 N–H and O–H groups in total. The fourth-order valence-electron chi connectivity index (χ4n) is 7.94. The Bertz CT molecular complexity index is 5340. The van der Waals surface area contributed by atoms with Gasteiger partial charge in [0.05, 0.1) is 19.3 Å². The summed E-state index contributed by atoms with van der Waals surface area (Å²) in [4.78, 5) is 179. The molecule has 2 aliphatic rings.